The summed E-state index contributed by atoms with van der Waals surface area (Å²) in [6.45, 7) is 10.3. The van der Waals surface area contributed by atoms with Crippen molar-refractivity contribution in [1.29, 1.82) is 0 Å². The fourth-order valence-corrected chi connectivity index (χ4v) is 1.84. The molecular formula is C15H30O3. The third-order valence-electron chi connectivity index (χ3n) is 2.62. The van der Waals surface area contributed by atoms with E-state index in [1.807, 2.05) is 20.8 Å². The average molecular weight is 258 g/mol. The number of rotatable bonds is 12. The zero-order valence-corrected chi connectivity index (χ0v) is 12.5. The largest absolute Gasteiger partial charge is 0.378 e. The Balaban J connectivity index is 4.07. The molecule has 0 saturated carbocycles. The van der Waals surface area contributed by atoms with Gasteiger partial charge in [0.15, 0.2) is 6.29 Å². The third kappa shape index (κ3) is 9.63. The summed E-state index contributed by atoms with van der Waals surface area (Å²) in [5, 5.41) is 0. The Morgan fingerprint density at radius 3 is 1.94 bits per heavy atom. The zero-order chi connectivity index (χ0) is 13.6. The number of hydrogen-bond donors (Lipinski definition) is 0. The van der Waals surface area contributed by atoms with Crippen molar-refractivity contribution in [2.75, 3.05) is 19.8 Å². The van der Waals surface area contributed by atoms with Crippen LogP contribution in [-0.4, -0.2) is 32.2 Å². The van der Waals surface area contributed by atoms with Gasteiger partial charge in [-0.3, -0.25) is 0 Å². The van der Waals surface area contributed by atoms with Gasteiger partial charge in [0.05, 0.1) is 6.10 Å². The Hall–Kier alpha value is -0.380. The minimum absolute atomic E-state index is 0.133. The first-order valence-electron chi connectivity index (χ1n) is 7.28. The lowest BCUT2D eigenvalue weighted by molar-refractivity contribution is -0.157. The van der Waals surface area contributed by atoms with Crippen LogP contribution in [0.4, 0.5) is 0 Å². The molecule has 0 N–H and O–H groups in total. The first-order chi connectivity index (χ1) is 8.78. The van der Waals surface area contributed by atoms with Gasteiger partial charge in [0.2, 0.25) is 0 Å². The van der Waals surface area contributed by atoms with Gasteiger partial charge in [-0.25, -0.2) is 0 Å². The molecule has 0 fully saturated rings. The predicted molar refractivity (Wildman–Crippen MR) is 75.7 cm³/mol. The average Bonchev–Trinajstić information content (AvgIpc) is 2.35. The van der Waals surface area contributed by atoms with Gasteiger partial charge in [-0.05, 0) is 40.0 Å². The quantitative estimate of drug-likeness (QED) is 0.392. The topological polar surface area (TPSA) is 27.7 Å². The van der Waals surface area contributed by atoms with Crippen molar-refractivity contribution in [3.8, 4) is 0 Å². The molecule has 0 spiro atoms. The molecule has 0 saturated heterocycles. The fourth-order valence-electron chi connectivity index (χ4n) is 1.84. The van der Waals surface area contributed by atoms with Crippen LogP contribution in [0.5, 0.6) is 0 Å². The molecule has 0 amide bonds. The summed E-state index contributed by atoms with van der Waals surface area (Å²) < 4.78 is 16.9. The maximum absolute atomic E-state index is 5.75. The minimum Gasteiger partial charge on any atom is -0.378 e. The molecule has 0 aliphatic rings. The molecule has 0 radical (unpaired) electrons. The van der Waals surface area contributed by atoms with E-state index in [0.717, 1.165) is 32.3 Å². The maximum atomic E-state index is 5.75. The summed E-state index contributed by atoms with van der Waals surface area (Å²) in [4.78, 5) is 0. The van der Waals surface area contributed by atoms with E-state index in [1.54, 1.807) is 0 Å². The molecule has 0 aliphatic carbocycles. The highest BCUT2D eigenvalue weighted by Gasteiger charge is 2.16. The smallest absolute Gasteiger partial charge is 0.160 e. The number of hydrogen-bond acceptors (Lipinski definition) is 3. The molecule has 3 nitrogen and oxygen atoms in total. The van der Waals surface area contributed by atoms with E-state index in [1.165, 1.54) is 0 Å². The molecule has 1 atom stereocenters. The second-order valence-corrected chi connectivity index (χ2v) is 4.11. The molecule has 1 unspecified atom stereocenters. The summed E-state index contributed by atoms with van der Waals surface area (Å²) >= 11 is 0. The second kappa shape index (κ2) is 13.1. The molecule has 0 aromatic heterocycles. The lowest BCUT2D eigenvalue weighted by Crippen LogP contribution is -2.26. The molecule has 108 valence electrons. The van der Waals surface area contributed by atoms with Gasteiger partial charge in [-0.1, -0.05) is 19.1 Å². The summed E-state index contributed by atoms with van der Waals surface area (Å²) in [7, 11) is 0. The van der Waals surface area contributed by atoms with E-state index in [4.69, 9.17) is 14.2 Å². The second-order valence-electron chi connectivity index (χ2n) is 4.11. The Morgan fingerprint density at radius 1 is 0.833 bits per heavy atom. The molecule has 0 bridgehead atoms. The van der Waals surface area contributed by atoms with Crippen LogP contribution in [0.25, 0.3) is 0 Å². The van der Waals surface area contributed by atoms with Crippen molar-refractivity contribution in [1.82, 2.24) is 0 Å². The van der Waals surface area contributed by atoms with Gasteiger partial charge in [0.1, 0.15) is 0 Å². The van der Waals surface area contributed by atoms with Crippen molar-refractivity contribution in [2.45, 2.75) is 65.8 Å². The van der Waals surface area contributed by atoms with E-state index in [9.17, 15) is 0 Å². The van der Waals surface area contributed by atoms with Crippen LogP contribution < -0.4 is 0 Å². The summed E-state index contributed by atoms with van der Waals surface area (Å²) in [6, 6.07) is 0. The highest BCUT2D eigenvalue weighted by atomic mass is 16.7. The highest BCUT2D eigenvalue weighted by Crippen LogP contribution is 2.14. The molecule has 0 rings (SSSR count). The number of ether oxygens (including phenoxy) is 3. The van der Waals surface area contributed by atoms with Crippen LogP contribution >= 0.6 is 0 Å². The van der Waals surface area contributed by atoms with E-state index >= 15 is 0 Å². The van der Waals surface area contributed by atoms with E-state index < -0.39 is 0 Å². The normalized spacial score (nSPS) is 13.6. The Kier molecular flexibility index (Phi) is 12.8. The van der Waals surface area contributed by atoms with E-state index in [-0.39, 0.29) is 12.4 Å². The van der Waals surface area contributed by atoms with Crippen LogP contribution in [0, 0.1) is 0 Å². The van der Waals surface area contributed by atoms with Crippen molar-refractivity contribution in [2.24, 2.45) is 0 Å². The van der Waals surface area contributed by atoms with Crippen LogP contribution in [0.1, 0.15) is 53.4 Å². The van der Waals surface area contributed by atoms with Crippen molar-refractivity contribution in [3.05, 3.63) is 12.2 Å². The highest BCUT2D eigenvalue weighted by molar-refractivity contribution is 4.81. The van der Waals surface area contributed by atoms with Gasteiger partial charge >= 0.3 is 0 Å². The van der Waals surface area contributed by atoms with Gasteiger partial charge < -0.3 is 14.2 Å². The minimum atomic E-state index is -0.133. The van der Waals surface area contributed by atoms with Gasteiger partial charge in [0, 0.05) is 26.2 Å². The van der Waals surface area contributed by atoms with Crippen LogP contribution in [-0.2, 0) is 14.2 Å². The van der Waals surface area contributed by atoms with Gasteiger partial charge in [-0.2, -0.15) is 0 Å². The Bertz CT molecular complexity index is 186. The first-order valence-corrected chi connectivity index (χ1v) is 7.28. The van der Waals surface area contributed by atoms with Crippen molar-refractivity contribution >= 4 is 0 Å². The third-order valence-corrected chi connectivity index (χ3v) is 2.62. The fraction of sp³-hybridized carbons (Fsp3) is 0.867. The molecule has 0 aromatic carbocycles. The summed E-state index contributed by atoms with van der Waals surface area (Å²) in [5.41, 5.74) is 0. The first kappa shape index (κ1) is 17.6. The molecule has 18 heavy (non-hydrogen) atoms. The predicted octanol–water partition coefficient (Wildman–Crippen LogP) is 3.93. The van der Waals surface area contributed by atoms with Crippen LogP contribution in [0.3, 0.4) is 0 Å². The number of allylic oxidation sites excluding steroid dienone is 2. The van der Waals surface area contributed by atoms with Gasteiger partial charge in [0.25, 0.3) is 0 Å². The maximum Gasteiger partial charge on any atom is 0.160 e. The lowest BCUT2D eigenvalue weighted by Gasteiger charge is -2.23. The molecule has 3 heteroatoms. The molecule has 0 aromatic rings. The Labute approximate surface area is 112 Å². The van der Waals surface area contributed by atoms with Crippen LogP contribution in [0.15, 0.2) is 12.2 Å². The summed E-state index contributed by atoms with van der Waals surface area (Å²) in [5.74, 6) is 0. The monoisotopic (exact) mass is 258 g/mol. The molecular weight excluding hydrogens is 228 g/mol. The zero-order valence-electron chi connectivity index (χ0n) is 12.5. The van der Waals surface area contributed by atoms with E-state index in [0.29, 0.717) is 13.2 Å². The Morgan fingerprint density at radius 2 is 1.44 bits per heavy atom. The summed E-state index contributed by atoms with van der Waals surface area (Å²) in [6.07, 6.45) is 8.51. The van der Waals surface area contributed by atoms with Crippen molar-refractivity contribution < 1.29 is 14.2 Å². The van der Waals surface area contributed by atoms with Crippen molar-refractivity contribution in [3.63, 3.8) is 0 Å². The van der Waals surface area contributed by atoms with E-state index in [2.05, 4.69) is 19.1 Å². The SMILES string of the molecule is CC/C=C/CCC(CC(OCC)OCC)OCC. The lowest BCUT2D eigenvalue weighted by atomic mass is 10.1. The van der Waals surface area contributed by atoms with Crippen LogP contribution in [0.2, 0.25) is 0 Å². The van der Waals surface area contributed by atoms with Gasteiger partial charge in [-0.15, -0.1) is 0 Å². The molecule has 0 aliphatic heterocycles. The standard InChI is InChI=1S/C15H30O3/c1-5-9-10-11-12-14(16-6-2)13-15(17-7-3)18-8-4/h9-10,14-15H,5-8,11-13H2,1-4H3/b10-9+. The molecule has 0 heterocycles.